The standard InChI is InChI=1S/C4H10N2O2/c1-3-8-4(7)6(2)5/h3,5H2,1-2H3. The fourth-order valence-electron chi connectivity index (χ4n) is 0.225. The zero-order valence-electron chi connectivity index (χ0n) is 5.05. The van der Waals surface area contributed by atoms with Crippen LogP contribution in [0.5, 0.6) is 0 Å². The Hall–Kier alpha value is -0.770. The molecule has 0 saturated heterocycles. The van der Waals surface area contributed by atoms with Crippen LogP contribution in [0.1, 0.15) is 6.92 Å². The van der Waals surface area contributed by atoms with Gasteiger partial charge in [0.25, 0.3) is 0 Å². The number of nitrogens with two attached hydrogens (primary N) is 1. The van der Waals surface area contributed by atoms with Gasteiger partial charge in [-0.15, -0.1) is 0 Å². The van der Waals surface area contributed by atoms with Crippen molar-refractivity contribution in [1.29, 1.82) is 0 Å². The van der Waals surface area contributed by atoms with E-state index in [-0.39, 0.29) is 0 Å². The van der Waals surface area contributed by atoms with Gasteiger partial charge in [-0.05, 0) is 6.92 Å². The van der Waals surface area contributed by atoms with Gasteiger partial charge in [0.2, 0.25) is 0 Å². The van der Waals surface area contributed by atoms with E-state index < -0.39 is 6.09 Å². The van der Waals surface area contributed by atoms with Crippen LogP contribution in [-0.2, 0) is 4.74 Å². The predicted octanol–water partition coefficient (Wildman–Crippen LogP) is -0.0516. The number of carbonyl (C=O) groups is 1. The quantitative estimate of drug-likeness (QED) is 0.298. The Labute approximate surface area is 48.2 Å². The zero-order valence-corrected chi connectivity index (χ0v) is 5.05. The average molecular weight is 118 g/mol. The SMILES string of the molecule is CCOC(=O)N(C)N. The minimum Gasteiger partial charge on any atom is -0.449 e. The third-order valence-electron chi connectivity index (χ3n) is 0.556. The highest BCUT2D eigenvalue weighted by Crippen LogP contribution is 1.79. The van der Waals surface area contributed by atoms with Crippen molar-refractivity contribution >= 4 is 6.09 Å². The fourth-order valence-corrected chi connectivity index (χ4v) is 0.225. The minimum absolute atomic E-state index is 0.361. The molecule has 0 aliphatic carbocycles. The first-order valence-corrected chi connectivity index (χ1v) is 2.33. The van der Waals surface area contributed by atoms with Crippen molar-refractivity contribution in [3.05, 3.63) is 0 Å². The highest BCUT2D eigenvalue weighted by molar-refractivity contribution is 5.66. The predicted molar refractivity (Wildman–Crippen MR) is 29.0 cm³/mol. The van der Waals surface area contributed by atoms with Crippen LogP contribution in [0.3, 0.4) is 0 Å². The minimum atomic E-state index is -0.507. The molecule has 8 heavy (non-hydrogen) atoms. The molecule has 4 heteroatoms. The van der Waals surface area contributed by atoms with Crippen LogP contribution in [0.25, 0.3) is 0 Å². The third kappa shape index (κ3) is 2.41. The average Bonchev–Trinajstić information content (AvgIpc) is 1.67. The normalized spacial score (nSPS) is 8.38. The van der Waals surface area contributed by atoms with Crippen LogP contribution >= 0.6 is 0 Å². The number of rotatable bonds is 1. The largest absolute Gasteiger partial charge is 0.449 e. The summed E-state index contributed by atoms with van der Waals surface area (Å²) in [7, 11) is 1.43. The summed E-state index contributed by atoms with van der Waals surface area (Å²) in [6, 6.07) is 0. The molecular weight excluding hydrogens is 108 g/mol. The van der Waals surface area contributed by atoms with Crippen molar-refractivity contribution in [3.63, 3.8) is 0 Å². The maximum Gasteiger partial charge on any atom is 0.423 e. The molecule has 0 aliphatic heterocycles. The molecule has 4 nitrogen and oxygen atoms in total. The van der Waals surface area contributed by atoms with E-state index in [2.05, 4.69) is 4.74 Å². The number of carbonyl (C=O) groups excluding carboxylic acids is 1. The lowest BCUT2D eigenvalue weighted by Crippen LogP contribution is -2.33. The van der Waals surface area contributed by atoms with Crippen LogP contribution < -0.4 is 5.84 Å². The molecule has 0 fully saturated rings. The van der Waals surface area contributed by atoms with Crippen LogP contribution in [-0.4, -0.2) is 24.8 Å². The van der Waals surface area contributed by atoms with E-state index in [4.69, 9.17) is 5.84 Å². The Bertz CT molecular complexity index is 82.1. The smallest absolute Gasteiger partial charge is 0.423 e. The molecule has 0 spiro atoms. The number of hydrogen-bond acceptors (Lipinski definition) is 3. The molecule has 0 atom stereocenters. The topological polar surface area (TPSA) is 55.6 Å². The zero-order chi connectivity index (χ0) is 6.57. The summed E-state index contributed by atoms with van der Waals surface area (Å²) in [5, 5.41) is 0.892. The van der Waals surface area contributed by atoms with Crippen LogP contribution in [0.2, 0.25) is 0 Å². The molecule has 0 aromatic rings. The Morgan fingerprint density at radius 1 is 1.88 bits per heavy atom. The molecule has 1 amide bonds. The second kappa shape index (κ2) is 3.26. The summed E-state index contributed by atoms with van der Waals surface area (Å²) in [5.41, 5.74) is 0. The van der Waals surface area contributed by atoms with E-state index in [1.807, 2.05) is 0 Å². The van der Waals surface area contributed by atoms with Gasteiger partial charge < -0.3 is 4.74 Å². The van der Waals surface area contributed by atoms with Gasteiger partial charge >= 0.3 is 6.09 Å². The van der Waals surface area contributed by atoms with Crippen LogP contribution in [0, 0.1) is 0 Å². The van der Waals surface area contributed by atoms with E-state index in [0.717, 1.165) is 5.01 Å². The van der Waals surface area contributed by atoms with Crippen molar-refractivity contribution in [2.24, 2.45) is 5.84 Å². The summed E-state index contributed by atoms with van der Waals surface area (Å²) in [6.07, 6.45) is -0.507. The van der Waals surface area contributed by atoms with Crippen molar-refractivity contribution in [2.45, 2.75) is 6.92 Å². The van der Waals surface area contributed by atoms with Gasteiger partial charge in [-0.3, -0.25) is 0 Å². The molecule has 0 radical (unpaired) electrons. The van der Waals surface area contributed by atoms with Gasteiger partial charge in [0, 0.05) is 7.05 Å². The second-order valence-electron chi connectivity index (χ2n) is 1.31. The maximum atomic E-state index is 10.3. The van der Waals surface area contributed by atoms with Gasteiger partial charge in [-0.2, -0.15) is 0 Å². The fraction of sp³-hybridized carbons (Fsp3) is 0.750. The van der Waals surface area contributed by atoms with Gasteiger partial charge in [-0.1, -0.05) is 0 Å². The number of nitrogens with zero attached hydrogens (tertiary/aromatic N) is 1. The van der Waals surface area contributed by atoms with Gasteiger partial charge in [0.1, 0.15) is 0 Å². The van der Waals surface area contributed by atoms with E-state index in [1.54, 1.807) is 6.92 Å². The van der Waals surface area contributed by atoms with Gasteiger partial charge in [0.05, 0.1) is 6.61 Å². The Kier molecular flexibility index (Phi) is 2.95. The van der Waals surface area contributed by atoms with Gasteiger partial charge in [0.15, 0.2) is 0 Å². The highest BCUT2D eigenvalue weighted by Gasteiger charge is 2.00. The van der Waals surface area contributed by atoms with E-state index in [1.165, 1.54) is 7.05 Å². The van der Waals surface area contributed by atoms with E-state index in [0.29, 0.717) is 6.61 Å². The maximum absolute atomic E-state index is 10.3. The van der Waals surface area contributed by atoms with Crippen molar-refractivity contribution in [2.75, 3.05) is 13.7 Å². The summed E-state index contributed by atoms with van der Waals surface area (Å²) in [4.78, 5) is 10.3. The van der Waals surface area contributed by atoms with Gasteiger partial charge in [-0.25, -0.2) is 15.6 Å². The molecule has 0 saturated carbocycles. The van der Waals surface area contributed by atoms with Crippen molar-refractivity contribution in [3.8, 4) is 0 Å². The highest BCUT2D eigenvalue weighted by atomic mass is 16.6. The molecule has 2 N–H and O–H groups in total. The first-order chi connectivity index (χ1) is 3.68. The third-order valence-corrected chi connectivity index (χ3v) is 0.556. The molecule has 0 heterocycles. The number of hydrazine groups is 1. The summed E-state index contributed by atoms with van der Waals surface area (Å²) >= 11 is 0. The molecule has 0 aliphatic rings. The van der Waals surface area contributed by atoms with Crippen LogP contribution in [0.4, 0.5) is 4.79 Å². The molecule has 0 aromatic heterocycles. The Morgan fingerprint density at radius 2 is 2.38 bits per heavy atom. The Balaban J connectivity index is 3.33. The number of hydrogen-bond donors (Lipinski definition) is 1. The molecule has 48 valence electrons. The lowest BCUT2D eigenvalue weighted by molar-refractivity contribution is 0.116. The van der Waals surface area contributed by atoms with Crippen molar-refractivity contribution < 1.29 is 9.53 Å². The van der Waals surface area contributed by atoms with Crippen molar-refractivity contribution in [1.82, 2.24) is 5.01 Å². The first-order valence-electron chi connectivity index (χ1n) is 2.33. The van der Waals surface area contributed by atoms with Crippen LogP contribution in [0.15, 0.2) is 0 Å². The first kappa shape index (κ1) is 7.23. The number of amides is 1. The van der Waals surface area contributed by atoms with E-state index in [9.17, 15) is 4.79 Å². The second-order valence-corrected chi connectivity index (χ2v) is 1.31. The lowest BCUT2D eigenvalue weighted by atomic mass is 10.9. The monoisotopic (exact) mass is 118 g/mol. The Morgan fingerprint density at radius 3 is 2.50 bits per heavy atom. The molecular formula is C4H10N2O2. The summed E-state index contributed by atoms with van der Waals surface area (Å²) in [6.45, 7) is 2.09. The molecule has 0 unspecified atom stereocenters. The summed E-state index contributed by atoms with van der Waals surface area (Å²) in [5.74, 6) is 4.98. The molecule has 0 rings (SSSR count). The summed E-state index contributed by atoms with van der Waals surface area (Å²) < 4.78 is 4.47. The number of ether oxygens (including phenoxy) is 1. The molecule has 0 bridgehead atoms. The van der Waals surface area contributed by atoms with E-state index >= 15 is 0 Å². The lowest BCUT2D eigenvalue weighted by Gasteiger charge is -2.07. The molecule has 0 aromatic carbocycles.